The summed E-state index contributed by atoms with van der Waals surface area (Å²) >= 11 is 0. The van der Waals surface area contributed by atoms with Crippen molar-refractivity contribution >= 4 is 32.7 Å². The van der Waals surface area contributed by atoms with E-state index in [0.29, 0.717) is 39.4 Å². The molecule has 0 saturated carbocycles. The second-order valence-corrected chi connectivity index (χ2v) is 10.4. The summed E-state index contributed by atoms with van der Waals surface area (Å²) in [5.74, 6) is 0.983. The van der Waals surface area contributed by atoms with Gasteiger partial charge in [-0.3, -0.25) is 9.79 Å². The molecule has 2 N–H and O–H groups in total. The van der Waals surface area contributed by atoms with Crippen LogP contribution in [-0.4, -0.2) is 38.5 Å². The zero-order valence-corrected chi connectivity index (χ0v) is 22.4. The van der Waals surface area contributed by atoms with Crippen LogP contribution in [0.2, 0.25) is 0 Å². The number of aromatic hydroxyl groups is 1. The highest BCUT2D eigenvalue weighted by atomic mass is 32.2. The highest BCUT2D eigenvalue weighted by Crippen LogP contribution is 2.32. The Morgan fingerprint density at radius 2 is 1.73 bits per heavy atom. The summed E-state index contributed by atoms with van der Waals surface area (Å²) in [6, 6.07) is 21.1. The van der Waals surface area contributed by atoms with Crippen LogP contribution in [0, 0.1) is 0 Å². The molecule has 0 aliphatic carbocycles. The van der Waals surface area contributed by atoms with Gasteiger partial charge in [0, 0.05) is 23.1 Å². The van der Waals surface area contributed by atoms with Crippen LogP contribution in [-0.2, 0) is 16.6 Å². The van der Waals surface area contributed by atoms with E-state index in [2.05, 4.69) is 9.71 Å². The van der Waals surface area contributed by atoms with Gasteiger partial charge in [-0.05, 0) is 48.5 Å². The number of furan rings is 1. The predicted molar refractivity (Wildman–Crippen MR) is 151 cm³/mol. The van der Waals surface area contributed by atoms with E-state index in [1.165, 1.54) is 38.8 Å². The standard InChI is InChI=1S/C29H25N3O7S/c1-37-26-13-12-20(16-27(26)38-2)32-28(33)24-11-4-3-10-23(24)25(29(32)34)18-30-19-7-5-9-22(15-19)40(35,36)31-17-21-8-6-14-39-21/h3-16,18,31,34H,17H2,1-2H3. The van der Waals surface area contributed by atoms with Crippen molar-refractivity contribution in [3.63, 3.8) is 0 Å². The Kier molecular flexibility index (Phi) is 7.41. The molecule has 0 saturated heterocycles. The summed E-state index contributed by atoms with van der Waals surface area (Å²) in [6.45, 7) is 0.000377. The molecule has 0 unspecified atom stereocenters. The van der Waals surface area contributed by atoms with Gasteiger partial charge in [0.1, 0.15) is 5.76 Å². The van der Waals surface area contributed by atoms with Gasteiger partial charge in [0.25, 0.3) is 5.56 Å². The fourth-order valence-corrected chi connectivity index (χ4v) is 5.26. The highest BCUT2D eigenvalue weighted by molar-refractivity contribution is 7.89. The molecule has 10 nitrogen and oxygen atoms in total. The number of sulfonamides is 1. The third-order valence-electron chi connectivity index (χ3n) is 6.22. The SMILES string of the molecule is COc1ccc(-n2c(O)c(C=Nc3cccc(S(=O)(=O)NCc4ccco4)c3)c3ccccc3c2=O)cc1OC. The van der Waals surface area contributed by atoms with Crippen molar-refractivity contribution in [2.75, 3.05) is 14.2 Å². The van der Waals surface area contributed by atoms with Crippen molar-refractivity contribution in [3.8, 4) is 23.1 Å². The summed E-state index contributed by atoms with van der Waals surface area (Å²) in [7, 11) is -0.869. The van der Waals surface area contributed by atoms with Crippen LogP contribution in [0.1, 0.15) is 11.3 Å². The molecule has 5 rings (SSSR count). The number of hydrogen-bond acceptors (Lipinski definition) is 8. The van der Waals surface area contributed by atoms with E-state index in [4.69, 9.17) is 13.9 Å². The second-order valence-electron chi connectivity index (χ2n) is 8.62. The third kappa shape index (κ3) is 5.20. The van der Waals surface area contributed by atoms with Crippen LogP contribution in [0.15, 0.2) is 104 Å². The lowest BCUT2D eigenvalue weighted by Gasteiger charge is -2.15. The first-order valence-corrected chi connectivity index (χ1v) is 13.6. The largest absolute Gasteiger partial charge is 0.494 e. The Labute approximate surface area is 229 Å². The topological polar surface area (TPSA) is 132 Å². The number of pyridine rings is 1. The van der Waals surface area contributed by atoms with Gasteiger partial charge in [0.2, 0.25) is 15.9 Å². The summed E-state index contributed by atoms with van der Waals surface area (Å²) in [6.07, 6.45) is 2.86. The van der Waals surface area contributed by atoms with Crippen molar-refractivity contribution < 1.29 is 27.4 Å². The molecule has 0 aliphatic heterocycles. The normalized spacial score (nSPS) is 11.8. The minimum Gasteiger partial charge on any atom is -0.494 e. The van der Waals surface area contributed by atoms with E-state index in [-0.39, 0.29) is 22.9 Å². The number of methoxy groups -OCH3 is 2. The number of nitrogens with one attached hydrogen (secondary N) is 1. The molecule has 2 aromatic heterocycles. The first-order valence-electron chi connectivity index (χ1n) is 12.1. The molecule has 204 valence electrons. The molecule has 0 radical (unpaired) electrons. The van der Waals surface area contributed by atoms with E-state index in [1.54, 1.807) is 66.7 Å². The monoisotopic (exact) mass is 559 g/mol. The lowest BCUT2D eigenvalue weighted by Crippen LogP contribution is -2.22. The number of aromatic nitrogens is 1. The van der Waals surface area contributed by atoms with Crippen molar-refractivity contribution in [1.82, 2.24) is 9.29 Å². The van der Waals surface area contributed by atoms with Gasteiger partial charge in [0.15, 0.2) is 11.5 Å². The number of aliphatic imine (C=N–C) groups is 1. The Morgan fingerprint density at radius 1 is 0.950 bits per heavy atom. The Bertz CT molecular complexity index is 1880. The predicted octanol–water partition coefficient (Wildman–Crippen LogP) is 4.54. The smallest absolute Gasteiger partial charge is 0.265 e. The molecule has 0 amide bonds. The van der Waals surface area contributed by atoms with Gasteiger partial charge in [0.05, 0.1) is 48.9 Å². The molecule has 0 aliphatic rings. The van der Waals surface area contributed by atoms with E-state index in [1.807, 2.05) is 0 Å². The Morgan fingerprint density at radius 3 is 2.45 bits per heavy atom. The van der Waals surface area contributed by atoms with Crippen LogP contribution >= 0.6 is 0 Å². The number of fused-ring (bicyclic) bond motifs is 1. The second kappa shape index (κ2) is 11.1. The van der Waals surface area contributed by atoms with Crippen molar-refractivity contribution in [3.05, 3.63) is 107 Å². The molecule has 11 heteroatoms. The van der Waals surface area contributed by atoms with E-state index in [0.717, 1.165) is 4.57 Å². The molecule has 5 aromatic rings. The maximum absolute atomic E-state index is 13.4. The molecule has 0 bridgehead atoms. The molecule has 2 heterocycles. The molecule has 40 heavy (non-hydrogen) atoms. The number of nitrogens with zero attached hydrogens (tertiary/aromatic N) is 2. The van der Waals surface area contributed by atoms with Crippen LogP contribution in [0.25, 0.3) is 16.5 Å². The summed E-state index contributed by atoms with van der Waals surface area (Å²) < 4.78 is 45.1. The molecule has 0 fully saturated rings. The number of rotatable bonds is 9. The van der Waals surface area contributed by atoms with Crippen LogP contribution in [0.3, 0.4) is 0 Å². The van der Waals surface area contributed by atoms with Crippen molar-refractivity contribution in [2.24, 2.45) is 4.99 Å². The van der Waals surface area contributed by atoms with Crippen LogP contribution < -0.4 is 19.8 Å². The fraction of sp³-hybridized carbons (Fsp3) is 0.103. The zero-order chi connectivity index (χ0) is 28.3. The van der Waals surface area contributed by atoms with E-state index in [9.17, 15) is 18.3 Å². The fourth-order valence-electron chi connectivity index (χ4n) is 4.23. The molecular formula is C29H25N3O7S. The number of hydrogen-bond donors (Lipinski definition) is 2. The van der Waals surface area contributed by atoms with Gasteiger partial charge in [-0.1, -0.05) is 24.3 Å². The van der Waals surface area contributed by atoms with Gasteiger partial charge < -0.3 is 19.0 Å². The lowest BCUT2D eigenvalue weighted by atomic mass is 10.1. The highest BCUT2D eigenvalue weighted by Gasteiger charge is 2.18. The Balaban J connectivity index is 1.56. The zero-order valence-electron chi connectivity index (χ0n) is 21.6. The molecule has 0 atom stereocenters. The van der Waals surface area contributed by atoms with E-state index < -0.39 is 15.6 Å². The van der Waals surface area contributed by atoms with Gasteiger partial charge >= 0.3 is 0 Å². The summed E-state index contributed by atoms with van der Waals surface area (Å²) in [5, 5.41) is 12.2. The van der Waals surface area contributed by atoms with Crippen LogP contribution in [0.4, 0.5) is 5.69 Å². The minimum atomic E-state index is -3.85. The summed E-state index contributed by atoms with van der Waals surface area (Å²) in [4.78, 5) is 17.9. The first-order chi connectivity index (χ1) is 19.3. The van der Waals surface area contributed by atoms with E-state index >= 15 is 0 Å². The quantitative estimate of drug-likeness (QED) is 0.254. The van der Waals surface area contributed by atoms with Crippen molar-refractivity contribution in [1.29, 1.82) is 0 Å². The molecular weight excluding hydrogens is 534 g/mol. The van der Waals surface area contributed by atoms with Gasteiger partial charge in [-0.25, -0.2) is 17.7 Å². The number of benzene rings is 3. The van der Waals surface area contributed by atoms with Crippen molar-refractivity contribution in [2.45, 2.75) is 11.4 Å². The third-order valence-corrected chi connectivity index (χ3v) is 7.61. The average molecular weight is 560 g/mol. The van der Waals surface area contributed by atoms with Gasteiger partial charge in [-0.15, -0.1) is 0 Å². The maximum Gasteiger partial charge on any atom is 0.265 e. The lowest BCUT2D eigenvalue weighted by molar-refractivity contribution is 0.354. The maximum atomic E-state index is 13.4. The minimum absolute atomic E-state index is 0.000377. The van der Waals surface area contributed by atoms with Crippen LogP contribution in [0.5, 0.6) is 17.4 Å². The first kappa shape index (κ1) is 26.7. The van der Waals surface area contributed by atoms with Gasteiger partial charge in [-0.2, -0.15) is 0 Å². The Hall–Kier alpha value is -4.87. The molecule has 3 aromatic carbocycles. The average Bonchev–Trinajstić information content (AvgIpc) is 3.50. The summed E-state index contributed by atoms with van der Waals surface area (Å²) in [5.41, 5.74) is 0.520. The molecule has 0 spiro atoms. The number of ether oxygens (including phenoxy) is 2.